The van der Waals surface area contributed by atoms with Crippen LogP contribution < -0.4 is 5.32 Å². The summed E-state index contributed by atoms with van der Waals surface area (Å²) in [6.45, 7) is 8.22. The maximum atomic E-state index is 12.3. The highest BCUT2D eigenvalue weighted by Gasteiger charge is 2.19. The lowest BCUT2D eigenvalue weighted by Gasteiger charge is -2.10. The number of ether oxygens (including phenoxy) is 1. The van der Waals surface area contributed by atoms with E-state index in [1.165, 1.54) is 24.3 Å². The highest BCUT2D eigenvalue weighted by molar-refractivity contribution is 7.92. The van der Waals surface area contributed by atoms with Crippen molar-refractivity contribution >= 4 is 15.7 Å². The molecule has 1 N–H and O–H groups in total. The van der Waals surface area contributed by atoms with E-state index in [2.05, 4.69) is 5.32 Å². The third-order valence-electron chi connectivity index (χ3n) is 4.13. The molecule has 0 heterocycles. The number of amides is 1. The number of sulfone groups is 1. The molecule has 27 heavy (non-hydrogen) atoms. The van der Waals surface area contributed by atoms with Crippen molar-refractivity contribution in [3.05, 3.63) is 65.2 Å². The van der Waals surface area contributed by atoms with Crippen molar-refractivity contribution in [1.82, 2.24) is 5.32 Å². The van der Waals surface area contributed by atoms with Gasteiger partial charge < -0.3 is 10.1 Å². The van der Waals surface area contributed by atoms with Crippen LogP contribution in [0.5, 0.6) is 0 Å². The summed E-state index contributed by atoms with van der Waals surface area (Å²) in [5, 5.41) is 2.35. The molecule has 0 aliphatic rings. The molecular formula is C21H27NO4S. The molecule has 2 rings (SSSR count). The first-order chi connectivity index (χ1) is 12.7. The van der Waals surface area contributed by atoms with Crippen LogP contribution in [0.15, 0.2) is 53.4 Å². The van der Waals surface area contributed by atoms with Gasteiger partial charge in [-0.3, -0.25) is 4.79 Å². The van der Waals surface area contributed by atoms with Crippen molar-refractivity contribution < 1.29 is 17.9 Å². The van der Waals surface area contributed by atoms with Gasteiger partial charge in [-0.25, -0.2) is 8.42 Å². The Bertz CT molecular complexity index is 854. The van der Waals surface area contributed by atoms with Gasteiger partial charge in [-0.1, -0.05) is 24.3 Å². The standard InChI is InChI=1S/C21H27NO4S/c1-15(2)26-14-18-7-5-17(6-8-18)13-22-21(23)19-9-11-20(12-10-19)27(24,25)16(3)4/h5-12,15-16H,13-14H2,1-4H3,(H,22,23). The molecule has 0 bridgehead atoms. The number of hydrogen-bond donors (Lipinski definition) is 1. The van der Waals surface area contributed by atoms with Crippen LogP contribution in [0.2, 0.25) is 0 Å². The molecule has 0 saturated carbocycles. The fraction of sp³-hybridized carbons (Fsp3) is 0.381. The molecule has 0 aliphatic heterocycles. The summed E-state index contributed by atoms with van der Waals surface area (Å²) in [5.74, 6) is -0.240. The lowest BCUT2D eigenvalue weighted by molar-refractivity contribution is 0.0657. The summed E-state index contributed by atoms with van der Waals surface area (Å²) >= 11 is 0. The molecule has 1 amide bonds. The quantitative estimate of drug-likeness (QED) is 0.747. The number of carbonyl (C=O) groups is 1. The van der Waals surface area contributed by atoms with Gasteiger partial charge in [0.15, 0.2) is 9.84 Å². The van der Waals surface area contributed by atoms with Crippen molar-refractivity contribution in [3.8, 4) is 0 Å². The summed E-state index contributed by atoms with van der Waals surface area (Å²) in [4.78, 5) is 12.5. The molecule has 0 unspecified atom stereocenters. The van der Waals surface area contributed by atoms with E-state index in [-0.39, 0.29) is 16.9 Å². The van der Waals surface area contributed by atoms with Crippen LogP contribution in [0.3, 0.4) is 0 Å². The Morgan fingerprint density at radius 3 is 2.00 bits per heavy atom. The summed E-state index contributed by atoms with van der Waals surface area (Å²) in [5.41, 5.74) is 2.50. The Morgan fingerprint density at radius 2 is 1.48 bits per heavy atom. The van der Waals surface area contributed by atoms with Crippen molar-refractivity contribution in [2.24, 2.45) is 0 Å². The Kier molecular flexibility index (Phi) is 7.16. The second kappa shape index (κ2) is 9.15. The van der Waals surface area contributed by atoms with Crippen LogP contribution in [-0.2, 0) is 27.7 Å². The van der Waals surface area contributed by atoms with Gasteiger partial charge in [-0.2, -0.15) is 0 Å². The number of carbonyl (C=O) groups excluding carboxylic acids is 1. The molecule has 0 saturated heterocycles. The zero-order valence-corrected chi connectivity index (χ0v) is 17.0. The molecule has 0 spiro atoms. The maximum absolute atomic E-state index is 12.3. The normalized spacial score (nSPS) is 11.8. The van der Waals surface area contributed by atoms with Gasteiger partial charge in [0, 0.05) is 12.1 Å². The molecule has 0 radical (unpaired) electrons. The van der Waals surface area contributed by atoms with E-state index in [1.807, 2.05) is 38.1 Å². The first-order valence-corrected chi connectivity index (χ1v) is 10.6. The van der Waals surface area contributed by atoms with Crippen molar-refractivity contribution in [2.45, 2.75) is 57.1 Å². The number of nitrogens with one attached hydrogen (secondary N) is 1. The third kappa shape index (κ3) is 5.91. The predicted molar refractivity (Wildman–Crippen MR) is 106 cm³/mol. The SMILES string of the molecule is CC(C)OCc1ccc(CNC(=O)c2ccc(S(=O)(=O)C(C)C)cc2)cc1. The van der Waals surface area contributed by atoms with Crippen molar-refractivity contribution in [3.63, 3.8) is 0 Å². The third-order valence-corrected chi connectivity index (χ3v) is 6.30. The lowest BCUT2D eigenvalue weighted by atomic mass is 10.1. The van der Waals surface area contributed by atoms with Gasteiger partial charge in [0.25, 0.3) is 5.91 Å². The van der Waals surface area contributed by atoms with E-state index in [0.29, 0.717) is 18.7 Å². The molecule has 6 heteroatoms. The van der Waals surface area contributed by atoms with Gasteiger partial charge in [-0.05, 0) is 63.1 Å². The first-order valence-electron chi connectivity index (χ1n) is 9.01. The van der Waals surface area contributed by atoms with Crippen LogP contribution in [0, 0.1) is 0 Å². The van der Waals surface area contributed by atoms with Crippen LogP contribution in [0.25, 0.3) is 0 Å². The zero-order valence-electron chi connectivity index (χ0n) is 16.2. The predicted octanol–water partition coefficient (Wildman–Crippen LogP) is 3.72. The lowest BCUT2D eigenvalue weighted by Crippen LogP contribution is -2.23. The fourth-order valence-electron chi connectivity index (χ4n) is 2.37. The Hall–Kier alpha value is -2.18. The summed E-state index contributed by atoms with van der Waals surface area (Å²) in [6, 6.07) is 13.9. The summed E-state index contributed by atoms with van der Waals surface area (Å²) in [6.07, 6.45) is 0.186. The molecular weight excluding hydrogens is 362 g/mol. The average molecular weight is 390 g/mol. The van der Waals surface area contributed by atoms with Gasteiger partial charge in [0.05, 0.1) is 22.9 Å². The molecule has 2 aromatic carbocycles. The Balaban J connectivity index is 1.94. The minimum atomic E-state index is -3.33. The van der Waals surface area contributed by atoms with E-state index >= 15 is 0 Å². The molecule has 0 fully saturated rings. The number of benzene rings is 2. The molecule has 0 atom stereocenters. The smallest absolute Gasteiger partial charge is 0.251 e. The van der Waals surface area contributed by atoms with Gasteiger partial charge >= 0.3 is 0 Å². The average Bonchev–Trinajstić information content (AvgIpc) is 2.65. The van der Waals surface area contributed by atoms with E-state index in [1.54, 1.807) is 13.8 Å². The summed E-state index contributed by atoms with van der Waals surface area (Å²) in [7, 11) is -3.33. The zero-order chi connectivity index (χ0) is 20.0. The fourth-order valence-corrected chi connectivity index (χ4v) is 3.43. The van der Waals surface area contributed by atoms with E-state index in [4.69, 9.17) is 4.74 Å². The molecule has 5 nitrogen and oxygen atoms in total. The number of rotatable bonds is 8. The van der Waals surface area contributed by atoms with Gasteiger partial charge in [-0.15, -0.1) is 0 Å². The van der Waals surface area contributed by atoms with Crippen LogP contribution in [0.4, 0.5) is 0 Å². The van der Waals surface area contributed by atoms with E-state index < -0.39 is 15.1 Å². The Labute approximate surface area is 161 Å². The van der Waals surface area contributed by atoms with Gasteiger partial charge in [0.1, 0.15) is 0 Å². The van der Waals surface area contributed by atoms with Crippen LogP contribution in [-0.4, -0.2) is 25.7 Å². The second-order valence-corrected chi connectivity index (χ2v) is 9.48. The van der Waals surface area contributed by atoms with Gasteiger partial charge in [0.2, 0.25) is 0 Å². The minimum absolute atomic E-state index is 0.186. The Morgan fingerprint density at radius 1 is 0.926 bits per heavy atom. The molecule has 146 valence electrons. The summed E-state index contributed by atoms with van der Waals surface area (Å²) < 4.78 is 29.8. The highest BCUT2D eigenvalue weighted by atomic mass is 32.2. The largest absolute Gasteiger partial charge is 0.374 e. The maximum Gasteiger partial charge on any atom is 0.251 e. The molecule has 2 aromatic rings. The first kappa shape index (κ1) is 21.1. The highest BCUT2D eigenvalue weighted by Crippen LogP contribution is 2.16. The van der Waals surface area contributed by atoms with Crippen LogP contribution >= 0.6 is 0 Å². The van der Waals surface area contributed by atoms with Crippen molar-refractivity contribution in [1.29, 1.82) is 0 Å². The molecule has 0 aromatic heterocycles. The van der Waals surface area contributed by atoms with Crippen molar-refractivity contribution in [2.75, 3.05) is 0 Å². The van der Waals surface area contributed by atoms with E-state index in [0.717, 1.165) is 11.1 Å². The number of hydrogen-bond acceptors (Lipinski definition) is 4. The minimum Gasteiger partial charge on any atom is -0.374 e. The van der Waals surface area contributed by atoms with Crippen LogP contribution in [0.1, 0.15) is 49.2 Å². The monoisotopic (exact) mass is 389 g/mol. The molecule has 0 aliphatic carbocycles. The topological polar surface area (TPSA) is 72.5 Å². The second-order valence-electron chi connectivity index (χ2n) is 6.98. The van der Waals surface area contributed by atoms with E-state index in [9.17, 15) is 13.2 Å².